The van der Waals surface area contributed by atoms with Gasteiger partial charge >= 0.3 is 6.36 Å². The zero-order chi connectivity index (χ0) is 22.2. The highest BCUT2D eigenvalue weighted by atomic mass is 35.5. The minimum absolute atomic E-state index is 0.116. The lowest BCUT2D eigenvalue weighted by Gasteiger charge is -2.38. The molecule has 0 bridgehead atoms. The maximum absolute atomic E-state index is 12.9. The summed E-state index contributed by atoms with van der Waals surface area (Å²) < 4.78 is 40.8. The van der Waals surface area contributed by atoms with Gasteiger partial charge in [0.05, 0.1) is 18.2 Å². The number of benzene rings is 2. The second-order valence-electron chi connectivity index (χ2n) is 7.33. The third kappa shape index (κ3) is 4.77. The van der Waals surface area contributed by atoms with Crippen LogP contribution in [0.5, 0.6) is 5.75 Å². The molecule has 2 fully saturated rings. The fourth-order valence-corrected chi connectivity index (χ4v) is 4.04. The molecule has 164 valence electrons. The van der Waals surface area contributed by atoms with Crippen LogP contribution >= 0.6 is 11.6 Å². The van der Waals surface area contributed by atoms with Crippen molar-refractivity contribution in [2.45, 2.75) is 18.8 Å². The van der Waals surface area contributed by atoms with Crippen molar-refractivity contribution in [2.24, 2.45) is 0 Å². The summed E-state index contributed by atoms with van der Waals surface area (Å²) in [5, 5.41) is 0.522. The van der Waals surface area contributed by atoms with Gasteiger partial charge in [0.1, 0.15) is 5.75 Å². The van der Waals surface area contributed by atoms with Crippen LogP contribution in [0.15, 0.2) is 48.5 Å². The number of rotatable bonds is 4. The van der Waals surface area contributed by atoms with Gasteiger partial charge in [-0.15, -0.1) is 13.2 Å². The first-order chi connectivity index (χ1) is 14.7. The molecular weight excluding hydrogens is 435 g/mol. The molecule has 2 amide bonds. The van der Waals surface area contributed by atoms with Crippen LogP contribution in [0.4, 0.5) is 24.5 Å². The molecule has 2 aromatic carbocycles. The second-order valence-corrected chi connectivity index (χ2v) is 7.76. The number of anilines is 2. The van der Waals surface area contributed by atoms with Gasteiger partial charge in [0.2, 0.25) is 5.91 Å². The molecule has 2 aromatic rings. The predicted molar refractivity (Wildman–Crippen MR) is 109 cm³/mol. The van der Waals surface area contributed by atoms with Gasteiger partial charge in [-0.05, 0) is 48.5 Å². The minimum Gasteiger partial charge on any atom is -0.406 e. The number of carbonyl (C=O) groups is 2. The lowest BCUT2D eigenvalue weighted by atomic mass is 10.1. The molecule has 2 aliphatic rings. The van der Waals surface area contributed by atoms with Crippen LogP contribution in [0, 0.1) is 0 Å². The molecule has 2 heterocycles. The van der Waals surface area contributed by atoms with Crippen molar-refractivity contribution >= 4 is 34.8 Å². The topological polar surface area (TPSA) is 53.1 Å². The fraction of sp³-hybridized carbons (Fsp3) is 0.333. The number of carbonyl (C=O) groups excluding carboxylic acids is 2. The first-order valence-corrected chi connectivity index (χ1v) is 10.1. The van der Waals surface area contributed by atoms with Gasteiger partial charge < -0.3 is 9.64 Å². The van der Waals surface area contributed by atoms with Gasteiger partial charge in [-0.1, -0.05) is 11.6 Å². The van der Waals surface area contributed by atoms with E-state index in [0.717, 1.165) is 5.69 Å². The Bertz CT molecular complexity index is 959. The molecule has 10 heteroatoms. The number of nitrogens with zero attached hydrogens (tertiary/aromatic N) is 3. The Hall–Kier alpha value is -2.78. The fourth-order valence-electron chi connectivity index (χ4n) is 3.91. The summed E-state index contributed by atoms with van der Waals surface area (Å²) in [6.07, 6.45) is -4.61. The molecule has 2 aliphatic heterocycles. The molecule has 0 N–H and O–H groups in total. The second kappa shape index (κ2) is 8.39. The molecular formula is C21H19ClF3N3O3. The molecule has 2 saturated heterocycles. The van der Waals surface area contributed by atoms with E-state index in [4.69, 9.17) is 11.6 Å². The van der Waals surface area contributed by atoms with Gasteiger partial charge in [0.25, 0.3) is 5.91 Å². The maximum Gasteiger partial charge on any atom is 0.573 e. The van der Waals surface area contributed by atoms with Crippen LogP contribution in [0.3, 0.4) is 0 Å². The van der Waals surface area contributed by atoms with Crippen LogP contribution in [-0.4, -0.2) is 55.3 Å². The summed E-state index contributed by atoms with van der Waals surface area (Å²) in [5.74, 6) is -0.776. The molecule has 0 spiro atoms. The van der Waals surface area contributed by atoms with E-state index in [1.165, 1.54) is 17.0 Å². The Morgan fingerprint density at radius 1 is 0.871 bits per heavy atom. The van der Waals surface area contributed by atoms with E-state index >= 15 is 0 Å². The minimum atomic E-state index is -4.72. The lowest BCUT2D eigenvalue weighted by Crippen LogP contribution is -2.52. The van der Waals surface area contributed by atoms with E-state index in [9.17, 15) is 22.8 Å². The average Bonchev–Trinajstić information content (AvgIpc) is 3.02. The molecule has 1 atom stereocenters. The van der Waals surface area contributed by atoms with Crippen LogP contribution < -0.4 is 14.5 Å². The molecule has 0 saturated carbocycles. The van der Waals surface area contributed by atoms with Crippen LogP contribution in [0.2, 0.25) is 5.02 Å². The van der Waals surface area contributed by atoms with Gasteiger partial charge in [-0.2, -0.15) is 0 Å². The monoisotopic (exact) mass is 453 g/mol. The Balaban J connectivity index is 1.37. The first kappa shape index (κ1) is 21.5. The molecule has 4 rings (SSSR count). The highest BCUT2D eigenvalue weighted by Gasteiger charge is 2.43. The van der Waals surface area contributed by atoms with Gasteiger partial charge in [-0.3, -0.25) is 14.5 Å². The van der Waals surface area contributed by atoms with Crippen LogP contribution in [0.1, 0.15) is 6.42 Å². The summed E-state index contributed by atoms with van der Waals surface area (Å²) in [6.45, 7) is 2.27. The largest absolute Gasteiger partial charge is 0.573 e. The third-order valence-electron chi connectivity index (χ3n) is 5.40. The van der Waals surface area contributed by atoms with Gasteiger partial charge in [0, 0.05) is 36.9 Å². The Morgan fingerprint density at radius 2 is 1.45 bits per heavy atom. The smallest absolute Gasteiger partial charge is 0.406 e. The number of piperazine rings is 1. The molecule has 1 unspecified atom stereocenters. The van der Waals surface area contributed by atoms with Crippen LogP contribution in [0.25, 0.3) is 0 Å². The van der Waals surface area contributed by atoms with Crippen molar-refractivity contribution < 1.29 is 27.5 Å². The highest BCUT2D eigenvalue weighted by Crippen LogP contribution is 2.29. The molecule has 31 heavy (non-hydrogen) atoms. The predicted octanol–water partition coefficient (Wildman–Crippen LogP) is 3.69. The van der Waals surface area contributed by atoms with E-state index in [1.54, 1.807) is 36.4 Å². The summed E-state index contributed by atoms with van der Waals surface area (Å²) in [7, 11) is 0. The molecule has 6 nitrogen and oxygen atoms in total. The van der Waals surface area contributed by atoms with Crippen molar-refractivity contribution in [3.05, 3.63) is 53.6 Å². The number of amides is 2. The van der Waals surface area contributed by atoms with Crippen molar-refractivity contribution in [1.82, 2.24) is 4.90 Å². The Labute approximate surface area is 181 Å². The normalized spacial score (nSPS) is 20.5. The maximum atomic E-state index is 12.9. The highest BCUT2D eigenvalue weighted by molar-refractivity contribution is 6.30. The number of hydrogen-bond donors (Lipinski definition) is 0. The van der Waals surface area contributed by atoms with Crippen molar-refractivity contribution in [3.63, 3.8) is 0 Å². The number of hydrogen-bond acceptors (Lipinski definition) is 5. The molecule has 0 aliphatic carbocycles. The van der Waals surface area contributed by atoms with Crippen molar-refractivity contribution in [2.75, 3.05) is 36.0 Å². The number of halogens is 4. The standard InChI is InChI=1S/C21H19ClF3N3O3/c22-14-1-3-16(4-2-14)28-19(29)13-18(20(28)30)27-11-9-26(10-12-27)15-5-7-17(8-6-15)31-21(23,24)25/h1-8,18H,9-13H2. The first-order valence-electron chi connectivity index (χ1n) is 9.68. The summed E-state index contributed by atoms with van der Waals surface area (Å²) >= 11 is 5.88. The van der Waals surface area contributed by atoms with E-state index < -0.39 is 12.4 Å². The summed E-state index contributed by atoms with van der Waals surface area (Å²) in [4.78, 5) is 30.6. The van der Waals surface area contributed by atoms with Gasteiger partial charge in [-0.25, -0.2) is 4.90 Å². The van der Waals surface area contributed by atoms with Crippen molar-refractivity contribution in [1.29, 1.82) is 0 Å². The average molecular weight is 454 g/mol. The molecule has 0 radical (unpaired) electrons. The van der Waals surface area contributed by atoms with Crippen LogP contribution in [-0.2, 0) is 9.59 Å². The number of ether oxygens (including phenoxy) is 1. The molecule has 0 aromatic heterocycles. The quantitative estimate of drug-likeness (QED) is 0.661. The zero-order valence-electron chi connectivity index (χ0n) is 16.3. The summed E-state index contributed by atoms with van der Waals surface area (Å²) in [6, 6.07) is 11.7. The van der Waals surface area contributed by atoms with E-state index in [1.807, 2.05) is 9.80 Å². The zero-order valence-corrected chi connectivity index (χ0v) is 17.1. The van der Waals surface area contributed by atoms with Gasteiger partial charge in [0.15, 0.2) is 0 Å². The number of imide groups is 1. The van der Waals surface area contributed by atoms with E-state index in [-0.39, 0.29) is 24.0 Å². The van der Waals surface area contributed by atoms with E-state index in [2.05, 4.69) is 4.74 Å². The van der Waals surface area contributed by atoms with Crippen molar-refractivity contribution in [3.8, 4) is 5.75 Å². The Morgan fingerprint density at radius 3 is 2.03 bits per heavy atom. The third-order valence-corrected chi connectivity index (χ3v) is 5.65. The number of alkyl halides is 3. The Kier molecular flexibility index (Phi) is 5.81. The summed E-state index contributed by atoms with van der Waals surface area (Å²) in [5.41, 5.74) is 1.27. The SMILES string of the molecule is O=C1CC(N2CCN(c3ccc(OC(F)(F)F)cc3)CC2)C(=O)N1c1ccc(Cl)cc1. The lowest BCUT2D eigenvalue weighted by molar-refractivity contribution is -0.274. The van der Waals surface area contributed by atoms with E-state index in [0.29, 0.717) is 36.9 Å².